The second-order valence-corrected chi connectivity index (χ2v) is 8.65. The van der Waals surface area contributed by atoms with Crippen LogP contribution in [-0.2, 0) is 15.1 Å². The van der Waals surface area contributed by atoms with Crippen LogP contribution in [0.2, 0.25) is 0 Å². The molecular weight excluding hydrogens is 340 g/mol. The van der Waals surface area contributed by atoms with E-state index in [0.29, 0.717) is 12.0 Å². The van der Waals surface area contributed by atoms with E-state index in [4.69, 9.17) is 14.5 Å². The fourth-order valence-electron chi connectivity index (χ4n) is 6.34. The molecule has 3 saturated heterocycles. The number of ether oxygens (including phenoxy) is 2. The Bertz CT molecular complexity index is 820. The lowest BCUT2D eigenvalue weighted by Gasteiger charge is -2.53. The molecule has 1 unspecified atom stereocenters. The largest absolute Gasteiger partial charge is 0.497 e. The van der Waals surface area contributed by atoms with Gasteiger partial charge in [0.15, 0.2) is 5.60 Å². The minimum atomic E-state index is -0.724. The summed E-state index contributed by atoms with van der Waals surface area (Å²) >= 11 is 0. The zero-order valence-corrected chi connectivity index (χ0v) is 16.4. The topological polar surface area (TPSA) is 51.1 Å². The molecule has 4 heterocycles. The van der Waals surface area contributed by atoms with Gasteiger partial charge in [0.25, 0.3) is 0 Å². The van der Waals surface area contributed by atoms with Gasteiger partial charge in [-0.1, -0.05) is 13.3 Å². The second kappa shape index (κ2) is 6.06. The maximum Gasteiger partial charge on any atom is 0.303 e. The Morgan fingerprint density at radius 2 is 2.22 bits per heavy atom. The van der Waals surface area contributed by atoms with Gasteiger partial charge >= 0.3 is 5.97 Å². The Morgan fingerprint density at radius 1 is 1.37 bits per heavy atom. The number of hydrogen-bond acceptors (Lipinski definition) is 5. The van der Waals surface area contributed by atoms with E-state index < -0.39 is 5.60 Å². The van der Waals surface area contributed by atoms with E-state index in [-0.39, 0.29) is 5.97 Å². The molecule has 6 atom stereocenters. The first kappa shape index (κ1) is 17.2. The molecule has 0 aromatic heterocycles. The highest BCUT2D eigenvalue weighted by molar-refractivity contribution is 6.04. The molecule has 1 aliphatic carbocycles. The van der Waals surface area contributed by atoms with Gasteiger partial charge in [0.05, 0.1) is 18.5 Å². The van der Waals surface area contributed by atoms with Crippen LogP contribution in [0.1, 0.15) is 45.1 Å². The predicted octanol–water partition coefficient (Wildman–Crippen LogP) is 3.68. The summed E-state index contributed by atoms with van der Waals surface area (Å²) < 4.78 is 11.6. The normalized spacial score (nSPS) is 38.5. The Labute approximate surface area is 160 Å². The highest BCUT2D eigenvalue weighted by Crippen LogP contribution is 2.55. The van der Waals surface area contributed by atoms with Gasteiger partial charge in [-0.25, -0.2) is 0 Å². The van der Waals surface area contributed by atoms with Crippen molar-refractivity contribution in [2.45, 2.75) is 51.2 Å². The molecule has 5 nitrogen and oxygen atoms in total. The Hall–Kier alpha value is -1.88. The minimum absolute atomic E-state index is 0.234. The van der Waals surface area contributed by atoms with Gasteiger partial charge in [0, 0.05) is 44.0 Å². The van der Waals surface area contributed by atoms with Crippen LogP contribution in [0.5, 0.6) is 5.75 Å². The number of carbonyl (C=O) groups excluding carboxylic acids is 1. The number of hydrogen-bond donors (Lipinski definition) is 0. The molecule has 4 bridgehead atoms. The van der Waals surface area contributed by atoms with Crippen molar-refractivity contribution in [3.8, 4) is 5.75 Å². The summed E-state index contributed by atoms with van der Waals surface area (Å²) in [6.07, 6.45) is 4.50. The summed E-state index contributed by atoms with van der Waals surface area (Å²) in [6, 6.07) is 6.52. The third kappa shape index (κ3) is 2.40. The molecule has 1 saturated carbocycles. The van der Waals surface area contributed by atoms with Crippen molar-refractivity contribution in [1.82, 2.24) is 4.90 Å². The average molecular weight is 368 g/mol. The summed E-state index contributed by atoms with van der Waals surface area (Å²) in [4.78, 5) is 19.9. The van der Waals surface area contributed by atoms with Gasteiger partial charge in [0.1, 0.15) is 5.75 Å². The highest BCUT2D eigenvalue weighted by atomic mass is 16.6. The van der Waals surface area contributed by atoms with Crippen molar-refractivity contribution in [2.75, 3.05) is 20.2 Å². The van der Waals surface area contributed by atoms with Gasteiger partial charge in [-0.3, -0.25) is 14.7 Å². The Morgan fingerprint density at radius 3 is 2.96 bits per heavy atom. The molecule has 4 fully saturated rings. The Balaban J connectivity index is 1.66. The van der Waals surface area contributed by atoms with Gasteiger partial charge in [-0.15, -0.1) is 0 Å². The quantitative estimate of drug-likeness (QED) is 0.764. The van der Waals surface area contributed by atoms with Gasteiger partial charge in [-0.2, -0.15) is 0 Å². The molecule has 6 rings (SSSR count). The van der Waals surface area contributed by atoms with Crippen LogP contribution in [0.15, 0.2) is 23.2 Å². The van der Waals surface area contributed by atoms with Crippen LogP contribution in [0.3, 0.4) is 0 Å². The monoisotopic (exact) mass is 368 g/mol. The summed E-state index contributed by atoms with van der Waals surface area (Å²) in [5.41, 5.74) is 2.31. The second-order valence-electron chi connectivity index (χ2n) is 8.65. The summed E-state index contributed by atoms with van der Waals surface area (Å²) in [6.45, 7) is 5.97. The summed E-state index contributed by atoms with van der Waals surface area (Å²) in [7, 11) is 1.67. The molecule has 144 valence electrons. The third-order valence-corrected chi connectivity index (χ3v) is 7.27. The minimum Gasteiger partial charge on any atom is -0.497 e. The first-order valence-electron chi connectivity index (χ1n) is 10.3. The number of nitrogens with zero attached hydrogens (tertiary/aromatic N) is 2. The van der Waals surface area contributed by atoms with Crippen molar-refractivity contribution in [1.29, 1.82) is 0 Å². The smallest absolute Gasteiger partial charge is 0.303 e. The van der Waals surface area contributed by atoms with Crippen molar-refractivity contribution in [3.05, 3.63) is 23.8 Å². The van der Waals surface area contributed by atoms with Crippen LogP contribution in [0, 0.1) is 17.8 Å². The van der Waals surface area contributed by atoms with Crippen molar-refractivity contribution in [3.63, 3.8) is 0 Å². The first-order valence-corrected chi connectivity index (χ1v) is 10.3. The highest BCUT2D eigenvalue weighted by Gasteiger charge is 2.58. The van der Waals surface area contributed by atoms with E-state index in [9.17, 15) is 4.79 Å². The SMILES string of the molecule is CC[C@H]1C[C@@H]2C[C@H]3C4=Nc5ccc(OC)cc5[C@@]4(OC(C)=O)CCN(C2)[C@@H]13. The lowest BCUT2D eigenvalue weighted by atomic mass is 9.63. The van der Waals surface area contributed by atoms with Gasteiger partial charge < -0.3 is 9.47 Å². The number of carbonyl (C=O) groups is 1. The van der Waals surface area contributed by atoms with Crippen LogP contribution >= 0.6 is 0 Å². The molecule has 27 heavy (non-hydrogen) atoms. The maximum atomic E-state index is 12.2. The zero-order valence-electron chi connectivity index (χ0n) is 16.4. The van der Waals surface area contributed by atoms with E-state index in [1.54, 1.807) is 7.11 Å². The van der Waals surface area contributed by atoms with E-state index >= 15 is 0 Å². The molecule has 0 amide bonds. The van der Waals surface area contributed by atoms with Crippen molar-refractivity contribution >= 4 is 17.4 Å². The number of methoxy groups -OCH3 is 1. The molecular formula is C22H28N2O3. The number of piperidine rings is 2. The number of fused-ring (bicyclic) bond motifs is 4. The zero-order chi connectivity index (χ0) is 18.8. The maximum absolute atomic E-state index is 12.2. The van der Waals surface area contributed by atoms with E-state index in [1.807, 2.05) is 18.2 Å². The van der Waals surface area contributed by atoms with Crippen LogP contribution in [-0.4, -0.2) is 42.8 Å². The van der Waals surface area contributed by atoms with Gasteiger partial charge in [-0.05, 0) is 42.9 Å². The number of esters is 1. The molecule has 4 aliphatic heterocycles. The molecule has 1 aromatic rings. The number of benzene rings is 1. The molecule has 5 aliphatic rings. The molecule has 1 aromatic carbocycles. The fraction of sp³-hybridized carbons (Fsp3) is 0.636. The molecule has 0 spiro atoms. The molecule has 0 N–H and O–H groups in total. The predicted molar refractivity (Wildman–Crippen MR) is 104 cm³/mol. The van der Waals surface area contributed by atoms with E-state index in [2.05, 4.69) is 11.8 Å². The lowest BCUT2D eigenvalue weighted by Crippen LogP contribution is -2.58. The standard InChI is InChI=1S/C22H28N2O3/c1-4-15-9-14-10-17-20(15)24(12-14)8-7-22(27-13(2)25)18-11-16(26-3)5-6-19(18)23-21(17)22/h5-6,11,14-15,17,20H,4,7-10,12H2,1-3H3/t14-,15+,17-,20+,22+/m1/s1. The summed E-state index contributed by atoms with van der Waals surface area (Å²) in [5.74, 6) is 2.39. The lowest BCUT2D eigenvalue weighted by molar-refractivity contribution is -0.151. The van der Waals surface area contributed by atoms with Gasteiger partial charge in [0.2, 0.25) is 0 Å². The van der Waals surface area contributed by atoms with E-state index in [1.165, 1.54) is 32.7 Å². The number of aliphatic imine (C=N–C) groups is 1. The fourth-order valence-corrected chi connectivity index (χ4v) is 6.34. The van der Waals surface area contributed by atoms with E-state index in [0.717, 1.165) is 47.5 Å². The van der Waals surface area contributed by atoms with Crippen molar-refractivity contribution in [2.24, 2.45) is 22.7 Å². The van der Waals surface area contributed by atoms with Crippen LogP contribution in [0.25, 0.3) is 0 Å². The first-order chi connectivity index (χ1) is 13.1. The molecule has 5 heteroatoms. The Kier molecular flexibility index (Phi) is 3.87. The summed E-state index contributed by atoms with van der Waals surface area (Å²) in [5, 5.41) is 0. The van der Waals surface area contributed by atoms with Crippen LogP contribution in [0.4, 0.5) is 5.69 Å². The van der Waals surface area contributed by atoms with Crippen LogP contribution < -0.4 is 4.74 Å². The van der Waals surface area contributed by atoms with Crippen molar-refractivity contribution < 1.29 is 14.3 Å². The number of rotatable bonds is 3. The third-order valence-electron chi connectivity index (χ3n) is 7.27. The average Bonchev–Trinajstić information content (AvgIpc) is 2.94. The molecule has 0 radical (unpaired) electrons.